The van der Waals surface area contributed by atoms with E-state index >= 15 is 0 Å². The zero-order valence-electron chi connectivity index (χ0n) is 11.3. The van der Waals surface area contributed by atoms with Crippen molar-refractivity contribution in [1.82, 2.24) is 0 Å². The van der Waals surface area contributed by atoms with Gasteiger partial charge in [-0.05, 0) is 30.6 Å². The molecule has 2 atom stereocenters. The number of hydrogen-bond donors (Lipinski definition) is 0. The maximum absolute atomic E-state index is 3.73. The highest BCUT2D eigenvalue weighted by molar-refractivity contribution is 5.21. The second kappa shape index (κ2) is 5.52. The lowest BCUT2D eigenvalue weighted by Crippen LogP contribution is -2.32. The van der Waals surface area contributed by atoms with E-state index in [1.165, 1.54) is 24.8 Å². The molecule has 1 fully saturated rings. The van der Waals surface area contributed by atoms with E-state index in [0.29, 0.717) is 5.41 Å². The van der Waals surface area contributed by atoms with Crippen molar-refractivity contribution >= 4 is 0 Å². The van der Waals surface area contributed by atoms with Crippen LogP contribution < -0.4 is 0 Å². The Labute approximate surface area is 101 Å². The fraction of sp³-hybridized carbons (Fsp3) is 0.625. The standard InChI is InChI=1S/C16H26/c1-6-8-13(2)10-11-15-14(3)9-7-12-16(15,4)5/h6,8,10-11,14-15H,1,7,9,12H2,2-5H3. The lowest BCUT2D eigenvalue weighted by atomic mass is 9.64. The minimum Gasteiger partial charge on any atom is -0.0991 e. The topological polar surface area (TPSA) is 0 Å². The van der Waals surface area contributed by atoms with Gasteiger partial charge in [-0.2, -0.15) is 0 Å². The van der Waals surface area contributed by atoms with Crippen LogP contribution in [0.25, 0.3) is 0 Å². The predicted octanol–water partition coefficient (Wildman–Crippen LogP) is 5.14. The van der Waals surface area contributed by atoms with E-state index in [1.807, 2.05) is 6.08 Å². The summed E-state index contributed by atoms with van der Waals surface area (Å²) in [6.45, 7) is 13.1. The van der Waals surface area contributed by atoms with Gasteiger partial charge in [0.1, 0.15) is 0 Å². The monoisotopic (exact) mass is 218 g/mol. The minimum atomic E-state index is 0.461. The Morgan fingerprint density at radius 3 is 2.62 bits per heavy atom. The summed E-state index contributed by atoms with van der Waals surface area (Å²) in [5.74, 6) is 1.53. The molecule has 0 spiro atoms. The largest absolute Gasteiger partial charge is 0.0991 e. The van der Waals surface area contributed by atoms with E-state index in [2.05, 4.69) is 52.5 Å². The molecule has 1 aliphatic carbocycles. The van der Waals surface area contributed by atoms with Crippen LogP contribution in [0.2, 0.25) is 0 Å². The van der Waals surface area contributed by atoms with Crippen LogP contribution in [0.3, 0.4) is 0 Å². The fourth-order valence-corrected chi connectivity index (χ4v) is 2.94. The molecule has 0 N–H and O–H groups in total. The molecule has 16 heavy (non-hydrogen) atoms. The normalized spacial score (nSPS) is 30.6. The third kappa shape index (κ3) is 3.37. The van der Waals surface area contributed by atoms with Crippen molar-refractivity contribution < 1.29 is 0 Å². The Balaban J connectivity index is 2.76. The average molecular weight is 218 g/mol. The van der Waals surface area contributed by atoms with Crippen LogP contribution in [-0.4, -0.2) is 0 Å². The lowest BCUT2D eigenvalue weighted by Gasteiger charge is -2.41. The van der Waals surface area contributed by atoms with Crippen molar-refractivity contribution in [2.45, 2.75) is 47.0 Å². The molecule has 90 valence electrons. The molecule has 1 rings (SSSR count). The first-order chi connectivity index (χ1) is 7.47. The van der Waals surface area contributed by atoms with Crippen LogP contribution in [0.1, 0.15) is 47.0 Å². The van der Waals surface area contributed by atoms with Crippen LogP contribution >= 0.6 is 0 Å². The second-order valence-corrected chi connectivity index (χ2v) is 5.89. The quantitative estimate of drug-likeness (QED) is 0.575. The molecule has 1 saturated carbocycles. The summed E-state index contributed by atoms with van der Waals surface area (Å²) in [5.41, 5.74) is 1.76. The Morgan fingerprint density at radius 2 is 2.06 bits per heavy atom. The molecule has 0 aliphatic heterocycles. The molecule has 0 nitrogen and oxygen atoms in total. The Morgan fingerprint density at radius 1 is 1.38 bits per heavy atom. The first kappa shape index (κ1) is 13.3. The van der Waals surface area contributed by atoms with Crippen LogP contribution in [-0.2, 0) is 0 Å². The molecule has 0 heterocycles. The number of hydrogen-bond acceptors (Lipinski definition) is 0. The van der Waals surface area contributed by atoms with Crippen LogP contribution in [0.5, 0.6) is 0 Å². The molecule has 0 heteroatoms. The third-order valence-electron chi connectivity index (χ3n) is 3.94. The maximum Gasteiger partial charge on any atom is -0.0153 e. The lowest BCUT2D eigenvalue weighted by molar-refractivity contribution is 0.123. The van der Waals surface area contributed by atoms with Crippen LogP contribution in [0.15, 0.2) is 36.5 Å². The summed E-state index contributed by atoms with van der Waals surface area (Å²) in [4.78, 5) is 0. The molecule has 0 aromatic rings. The van der Waals surface area contributed by atoms with E-state index < -0.39 is 0 Å². The van der Waals surface area contributed by atoms with Gasteiger partial charge >= 0.3 is 0 Å². The van der Waals surface area contributed by atoms with E-state index in [0.717, 1.165) is 11.8 Å². The van der Waals surface area contributed by atoms with Crippen LogP contribution in [0, 0.1) is 17.3 Å². The van der Waals surface area contributed by atoms with Gasteiger partial charge in [0.15, 0.2) is 0 Å². The highest BCUT2D eigenvalue weighted by Gasteiger charge is 2.34. The molecule has 0 radical (unpaired) electrons. The molecule has 1 aliphatic rings. The number of allylic oxidation sites excluding steroid dienone is 5. The van der Waals surface area contributed by atoms with Gasteiger partial charge in [0, 0.05) is 0 Å². The first-order valence-electron chi connectivity index (χ1n) is 6.45. The Kier molecular flexibility index (Phi) is 4.58. The summed E-state index contributed by atoms with van der Waals surface area (Å²) in [6.07, 6.45) is 12.7. The SMILES string of the molecule is C=CC=C(C)C=CC1C(C)CCCC1(C)C. The zero-order chi connectivity index (χ0) is 12.2. The second-order valence-electron chi connectivity index (χ2n) is 5.89. The van der Waals surface area contributed by atoms with Crippen molar-refractivity contribution in [1.29, 1.82) is 0 Å². The summed E-state index contributed by atoms with van der Waals surface area (Å²) in [6, 6.07) is 0. The minimum absolute atomic E-state index is 0.461. The van der Waals surface area contributed by atoms with E-state index in [-0.39, 0.29) is 0 Å². The van der Waals surface area contributed by atoms with Crippen molar-refractivity contribution in [3.63, 3.8) is 0 Å². The van der Waals surface area contributed by atoms with Gasteiger partial charge in [0.2, 0.25) is 0 Å². The van der Waals surface area contributed by atoms with Gasteiger partial charge < -0.3 is 0 Å². The Hall–Kier alpha value is -0.780. The van der Waals surface area contributed by atoms with Crippen molar-refractivity contribution in [2.24, 2.45) is 17.3 Å². The molecule has 0 amide bonds. The highest BCUT2D eigenvalue weighted by atomic mass is 14.4. The van der Waals surface area contributed by atoms with Gasteiger partial charge in [0.05, 0.1) is 0 Å². The summed E-state index contributed by atoms with van der Waals surface area (Å²) in [5, 5.41) is 0. The van der Waals surface area contributed by atoms with Gasteiger partial charge in [-0.25, -0.2) is 0 Å². The molecule has 0 bridgehead atoms. The highest BCUT2D eigenvalue weighted by Crippen LogP contribution is 2.44. The maximum atomic E-state index is 3.73. The van der Waals surface area contributed by atoms with Gasteiger partial charge in [0.25, 0.3) is 0 Å². The van der Waals surface area contributed by atoms with Crippen molar-refractivity contribution in [3.05, 3.63) is 36.5 Å². The zero-order valence-corrected chi connectivity index (χ0v) is 11.3. The van der Waals surface area contributed by atoms with E-state index in [4.69, 9.17) is 0 Å². The molecular formula is C16H26. The molecule has 0 aromatic heterocycles. The first-order valence-corrected chi connectivity index (χ1v) is 6.45. The Bertz CT molecular complexity index is 291. The molecule has 0 aromatic carbocycles. The van der Waals surface area contributed by atoms with Crippen molar-refractivity contribution in [2.75, 3.05) is 0 Å². The van der Waals surface area contributed by atoms with Gasteiger partial charge in [-0.1, -0.05) is 70.1 Å². The smallest absolute Gasteiger partial charge is 0.0153 e. The number of rotatable bonds is 3. The summed E-state index contributed by atoms with van der Waals surface area (Å²) in [7, 11) is 0. The van der Waals surface area contributed by atoms with Gasteiger partial charge in [-0.3, -0.25) is 0 Å². The molecule has 0 saturated heterocycles. The summed E-state index contributed by atoms with van der Waals surface area (Å²) < 4.78 is 0. The van der Waals surface area contributed by atoms with Crippen molar-refractivity contribution in [3.8, 4) is 0 Å². The average Bonchev–Trinajstić information content (AvgIpc) is 2.16. The summed E-state index contributed by atoms with van der Waals surface area (Å²) >= 11 is 0. The van der Waals surface area contributed by atoms with E-state index in [9.17, 15) is 0 Å². The third-order valence-corrected chi connectivity index (χ3v) is 3.94. The fourth-order valence-electron chi connectivity index (χ4n) is 2.94. The van der Waals surface area contributed by atoms with E-state index in [1.54, 1.807) is 0 Å². The molecule has 2 unspecified atom stereocenters. The predicted molar refractivity (Wildman–Crippen MR) is 73.4 cm³/mol. The van der Waals surface area contributed by atoms with Crippen LogP contribution in [0.4, 0.5) is 0 Å². The van der Waals surface area contributed by atoms with Gasteiger partial charge in [-0.15, -0.1) is 0 Å². The molecular weight excluding hydrogens is 192 g/mol.